The van der Waals surface area contributed by atoms with Crippen LogP contribution in [0, 0.1) is 11.8 Å². The second-order valence-electron chi connectivity index (χ2n) is 3.28. The number of hydrogen-bond donors (Lipinski definition) is 0. The molecule has 0 atom stereocenters. The van der Waals surface area contributed by atoms with Crippen LogP contribution >= 0.6 is 7.60 Å². The second kappa shape index (κ2) is 8.52. The fraction of sp³-hybridized carbons (Fsp3) is 0.727. The Hall–Kier alpha value is -0.620. The van der Waals surface area contributed by atoms with E-state index in [1.807, 2.05) is 6.92 Å². The Labute approximate surface area is 97.2 Å². The van der Waals surface area contributed by atoms with Gasteiger partial charge in [0.1, 0.15) is 11.9 Å². The van der Waals surface area contributed by atoms with E-state index in [0.29, 0.717) is 12.8 Å². The van der Waals surface area contributed by atoms with Crippen molar-refractivity contribution in [3.05, 3.63) is 0 Å². The van der Waals surface area contributed by atoms with Crippen molar-refractivity contribution in [3.8, 4) is 11.8 Å². The van der Waals surface area contributed by atoms with E-state index in [1.54, 1.807) is 0 Å². The van der Waals surface area contributed by atoms with Crippen LogP contribution in [0.2, 0.25) is 0 Å². The third-order valence-electron chi connectivity index (χ3n) is 1.96. The van der Waals surface area contributed by atoms with Gasteiger partial charge in [0, 0.05) is 33.5 Å². The van der Waals surface area contributed by atoms with E-state index >= 15 is 0 Å². The fourth-order valence-corrected chi connectivity index (χ4v) is 2.00. The molecule has 0 fully saturated rings. The van der Waals surface area contributed by atoms with Gasteiger partial charge in [0.2, 0.25) is 0 Å². The van der Waals surface area contributed by atoms with Crippen molar-refractivity contribution in [1.29, 1.82) is 0 Å². The SMILES string of the molecule is CCCC#CCCC(=O)CP(=O)(OC)OC. The Balaban J connectivity index is 3.92. The summed E-state index contributed by atoms with van der Waals surface area (Å²) in [4.78, 5) is 11.4. The molecule has 5 heteroatoms. The zero-order valence-corrected chi connectivity index (χ0v) is 11.0. The molecule has 0 N–H and O–H groups in total. The number of carbonyl (C=O) groups excluding carboxylic acids is 1. The Kier molecular flexibility index (Phi) is 8.19. The molecule has 0 bridgehead atoms. The van der Waals surface area contributed by atoms with E-state index < -0.39 is 7.60 Å². The van der Waals surface area contributed by atoms with Gasteiger partial charge in [-0.15, -0.1) is 11.8 Å². The predicted molar refractivity (Wildman–Crippen MR) is 63.4 cm³/mol. The van der Waals surface area contributed by atoms with Crippen molar-refractivity contribution in [2.24, 2.45) is 0 Å². The minimum Gasteiger partial charge on any atom is -0.312 e. The minimum absolute atomic E-state index is 0.141. The summed E-state index contributed by atoms with van der Waals surface area (Å²) >= 11 is 0. The lowest BCUT2D eigenvalue weighted by Crippen LogP contribution is -2.07. The topological polar surface area (TPSA) is 52.6 Å². The highest BCUT2D eigenvalue weighted by Gasteiger charge is 2.24. The van der Waals surface area contributed by atoms with Gasteiger partial charge in [0.05, 0.1) is 0 Å². The van der Waals surface area contributed by atoms with Crippen molar-refractivity contribution in [1.82, 2.24) is 0 Å². The van der Waals surface area contributed by atoms with Crippen molar-refractivity contribution >= 4 is 13.4 Å². The van der Waals surface area contributed by atoms with Crippen LogP contribution in [0.1, 0.15) is 32.6 Å². The van der Waals surface area contributed by atoms with E-state index in [2.05, 4.69) is 20.9 Å². The number of Topliss-reactive ketones (excluding diaryl/α,β-unsaturated/α-hetero) is 1. The molecule has 0 spiro atoms. The second-order valence-corrected chi connectivity index (χ2v) is 5.54. The van der Waals surface area contributed by atoms with E-state index in [1.165, 1.54) is 14.2 Å². The van der Waals surface area contributed by atoms with E-state index in [-0.39, 0.29) is 11.9 Å². The zero-order chi connectivity index (χ0) is 12.4. The Morgan fingerprint density at radius 3 is 2.25 bits per heavy atom. The average Bonchev–Trinajstić information content (AvgIpc) is 2.28. The summed E-state index contributed by atoms with van der Waals surface area (Å²) in [6, 6.07) is 0. The van der Waals surface area contributed by atoms with Gasteiger partial charge in [0.15, 0.2) is 0 Å². The van der Waals surface area contributed by atoms with Gasteiger partial charge >= 0.3 is 7.60 Å². The number of rotatable bonds is 7. The van der Waals surface area contributed by atoms with Gasteiger partial charge < -0.3 is 9.05 Å². The third-order valence-corrected chi connectivity index (χ3v) is 3.81. The van der Waals surface area contributed by atoms with Crippen LogP contribution in [0.5, 0.6) is 0 Å². The minimum atomic E-state index is -3.20. The first-order valence-corrected chi connectivity index (χ1v) is 6.98. The molecule has 0 radical (unpaired) electrons. The van der Waals surface area contributed by atoms with Crippen LogP contribution in [0.15, 0.2) is 0 Å². The maximum absolute atomic E-state index is 11.6. The predicted octanol–water partition coefficient (Wildman–Crippen LogP) is 2.63. The van der Waals surface area contributed by atoms with Crippen molar-refractivity contribution in [2.75, 3.05) is 20.4 Å². The highest BCUT2D eigenvalue weighted by molar-refractivity contribution is 7.54. The van der Waals surface area contributed by atoms with Gasteiger partial charge in [-0.05, 0) is 6.42 Å². The van der Waals surface area contributed by atoms with Crippen LogP contribution in [0.3, 0.4) is 0 Å². The molecule has 0 rings (SSSR count). The third kappa shape index (κ3) is 6.79. The number of hydrogen-bond acceptors (Lipinski definition) is 4. The van der Waals surface area contributed by atoms with Crippen molar-refractivity contribution in [3.63, 3.8) is 0 Å². The molecule has 0 aromatic heterocycles. The maximum Gasteiger partial charge on any atom is 0.337 e. The first kappa shape index (κ1) is 15.4. The van der Waals surface area contributed by atoms with Crippen LogP contribution in [-0.4, -0.2) is 26.2 Å². The summed E-state index contributed by atoms with van der Waals surface area (Å²) in [5.41, 5.74) is 0. The smallest absolute Gasteiger partial charge is 0.312 e. The van der Waals surface area contributed by atoms with Gasteiger partial charge in [-0.3, -0.25) is 9.36 Å². The number of ketones is 1. The lowest BCUT2D eigenvalue weighted by atomic mass is 10.2. The van der Waals surface area contributed by atoms with Crippen LogP contribution in [0.25, 0.3) is 0 Å². The molecule has 16 heavy (non-hydrogen) atoms. The van der Waals surface area contributed by atoms with E-state index in [9.17, 15) is 9.36 Å². The van der Waals surface area contributed by atoms with Gasteiger partial charge in [-0.2, -0.15) is 0 Å². The Morgan fingerprint density at radius 1 is 1.19 bits per heavy atom. The average molecular weight is 246 g/mol. The molecule has 92 valence electrons. The van der Waals surface area contributed by atoms with E-state index in [0.717, 1.165) is 12.8 Å². The first-order valence-electron chi connectivity index (χ1n) is 5.26. The zero-order valence-electron chi connectivity index (χ0n) is 10.1. The molecule has 0 aliphatic carbocycles. The monoisotopic (exact) mass is 246 g/mol. The van der Waals surface area contributed by atoms with Gasteiger partial charge in [-0.25, -0.2) is 0 Å². The summed E-state index contributed by atoms with van der Waals surface area (Å²) < 4.78 is 21.0. The summed E-state index contributed by atoms with van der Waals surface area (Å²) in [5.74, 6) is 5.70. The lowest BCUT2D eigenvalue weighted by molar-refractivity contribution is -0.116. The molecular weight excluding hydrogens is 227 g/mol. The largest absolute Gasteiger partial charge is 0.337 e. The summed E-state index contributed by atoms with van der Waals surface area (Å²) in [5, 5.41) is 0. The highest BCUT2D eigenvalue weighted by atomic mass is 31.2. The van der Waals surface area contributed by atoms with Crippen LogP contribution in [-0.2, 0) is 18.4 Å². The molecule has 0 saturated heterocycles. The molecular formula is C11H19O4P. The van der Waals surface area contributed by atoms with Crippen molar-refractivity contribution < 1.29 is 18.4 Å². The molecule has 0 aromatic rings. The number of unbranched alkanes of at least 4 members (excludes halogenated alkanes) is 1. The molecule has 0 aliphatic heterocycles. The quantitative estimate of drug-likeness (QED) is 0.512. The molecule has 0 amide bonds. The molecule has 0 saturated carbocycles. The Morgan fingerprint density at radius 2 is 1.75 bits per heavy atom. The number of carbonyl (C=O) groups is 1. The molecule has 0 unspecified atom stereocenters. The molecule has 0 heterocycles. The Bertz CT molecular complexity index is 306. The summed E-state index contributed by atoms with van der Waals surface area (Å²) in [6.45, 7) is 2.05. The van der Waals surface area contributed by atoms with Crippen LogP contribution in [0.4, 0.5) is 0 Å². The molecule has 0 aromatic carbocycles. The normalized spacial score (nSPS) is 10.7. The molecule has 0 aliphatic rings. The van der Waals surface area contributed by atoms with Gasteiger partial charge in [0.25, 0.3) is 0 Å². The standard InChI is InChI=1S/C11H19O4P/c1-4-5-6-7-8-9-11(12)10-16(13,14-2)15-3/h4-5,8-10H2,1-3H3. The first-order chi connectivity index (χ1) is 7.58. The summed E-state index contributed by atoms with van der Waals surface area (Å²) in [6.07, 6.45) is 2.50. The van der Waals surface area contributed by atoms with Crippen molar-refractivity contribution in [2.45, 2.75) is 32.6 Å². The van der Waals surface area contributed by atoms with Gasteiger partial charge in [-0.1, -0.05) is 6.92 Å². The van der Waals surface area contributed by atoms with E-state index in [4.69, 9.17) is 0 Å². The summed E-state index contributed by atoms with van der Waals surface area (Å²) in [7, 11) is -0.644. The lowest BCUT2D eigenvalue weighted by Gasteiger charge is -2.11. The van der Waals surface area contributed by atoms with Crippen LogP contribution < -0.4 is 0 Å². The molecule has 4 nitrogen and oxygen atoms in total. The fourth-order valence-electron chi connectivity index (χ4n) is 1.00. The highest BCUT2D eigenvalue weighted by Crippen LogP contribution is 2.46. The maximum atomic E-state index is 11.6.